The summed E-state index contributed by atoms with van der Waals surface area (Å²) in [5.41, 5.74) is 6.27. The van der Waals surface area contributed by atoms with Gasteiger partial charge in [-0.25, -0.2) is 0 Å². The van der Waals surface area contributed by atoms with Gasteiger partial charge in [-0.2, -0.15) is 0 Å². The monoisotopic (exact) mass is 412 g/mol. The molecule has 0 aliphatic carbocycles. The van der Waals surface area contributed by atoms with Gasteiger partial charge in [0.25, 0.3) is 5.91 Å². The Bertz CT molecular complexity index is 1160. The highest BCUT2D eigenvalue weighted by Crippen LogP contribution is 2.27. The first-order valence-corrected chi connectivity index (χ1v) is 11.1. The summed E-state index contributed by atoms with van der Waals surface area (Å²) in [4.78, 5) is 15.5. The summed E-state index contributed by atoms with van der Waals surface area (Å²) in [6.07, 6.45) is 4.89. The highest BCUT2D eigenvalue weighted by molar-refractivity contribution is 5.97. The molecule has 1 amide bonds. The number of likely N-dealkylation sites (tertiary alicyclic amines) is 1. The van der Waals surface area contributed by atoms with Crippen LogP contribution in [0.2, 0.25) is 0 Å². The van der Waals surface area contributed by atoms with Crippen molar-refractivity contribution in [3.8, 4) is 0 Å². The average Bonchev–Trinajstić information content (AvgIpc) is 3.39. The Balaban J connectivity index is 1.32. The predicted octanol–water partition coefficient (Wildman–Crippen LogP) is 5.69. The van der Waals surface area contributed by atoms with Gasteiger partial charge in [-0.3, -0.25) is 4.79 Å². The fraction of sp³-hybridized carbons (Fsp3) is 0.296. The smallest absolute Gasteiger partial charge is 0.270 e. The molecule has 31 heavy (non-hydrogen) atoms. The molecular formula is C27H28N2O2. The van der Waals surface area contributed by atoms with E-state index < -0.39 is 0 Å². The Hall–Kier alpha value is -3.27. The van der Waals surface area contributed by atoms with Crippen molar-refractivity contribution >= 4 is 17.0 Å². The first-order valence-electron chi connectivity index (χ1n) is 11.1. The molecule has 2 aromatic carbocycles. The lowest BCUT2D eigenvalue weighted by Crippen LogP contribution is -2.39. The standard InChI is InChI=1S/C27H28N2O2/c1-20-7-9-23(10-8-20)19-29-24-13-16-31-26(24)18-25(29)27(30)28-14-11-22(12-15-28)17-21-5-3-2-4-6-21/h2-10,13,16,18,22H,11-12,14-15,17,19H2,1H3. The Labute approximate surface area is 183 Å². The highest BCUT2D eigenvalue weighted by atomic mass is 16.3. The Morgan fingerprint density at radius 3 is 2.45 bits per heavy atom. The zero-order chi connectivity index (χ0) is 21.2. The van der Waals surface area contributed by atoms with E-state index in [4.69, 9.17) is 4.42 Å². The number of hydrogen-bond acceptors (Lipinski definition) is 2. The van der Waals surface area contributed by atoms with E-state index in [-0.39, 0.29) is 5.91 Å². The number of fused-ring (bicyclic) bond motifs is 1. The van der Waals surface area contributed by atoms with Crippen LogP contribution in [0, 0.1) is 12.8 Å². The van der Waals surface area contributed by atoms with Gasteiger partial charge in [0.2, 0.25) is 0 Å². The number of amides is 1. The molecule has 1 aliphatic rings. The summed E-state index contributed by atoms with van der Waals surface area (Å²) < 4.78 is 7.72. The van der Waals surface area contributed by atoms with Crippen LogP contribution in [0.5, 0.6) is 0 Å². The van der Waals surface area contributed by atoms with Crippen LogP contribution in [0.4, 0.5) is 0 Å². The van der Waals surface area contributed by atoms with Crippen molar-refractivity contribution in [2.75, 3.05) is 13.1 Å². The first-order chi connectivity index (χ1) is 15.2. The van der Waals surface area contributed by atoms with Crippen molar-refractivity contribution < 1.29 is 9.21 Å². The summed E-state index contributed by atoms with van der Waals surface area (Å²) in [5, 5.41) is 0. The molecule has 1 fully saturated rings. The molecule has 4 heteroatoms. The molecule has 0 atom stereocenters. The van der Waals surface area contributed by atoms with E-state index in [1.54, 1.807) is 6.26 Å². The second-order valence-electron chi connectivity index (χ2n) is 8.70. The lowest BCUT2D eigenvalue weighted by Gasteiger charge is -2.32. The van der Waals surface area contributed by atoms with E-state index in [2.05, 4.69) is 66.1 Å². The lowest BCUT2D eigenvalue weighted by atomic mass is 9.90. The molecule has 0 unspecified atom stereocenters. The molecule has 2 aromatic heterocycles. The number of carbonyl (C=O) groups is 1. The van der Waals surface area contributed by atoms with Crippen LogP contribution < -0.4 is 0 Å². The fourth-order valence-electron chi connectivity index (χ4n) is 4.65. The number of piperidine rings is 1. The van der Waals surface area contributed by atoms with Gasteiger partial charge in [-0.05, 0) is 43.2 Å². The van der Waals surface area contributed by atoms with Crippen LogP contribution in [-0.2, 0) is 13.0 Å². The molecule has 158 valence electrons. The van der Waals surface area contributed by atoms with Crippen LogP contribution in [0.1, 0.15) is 40.0 Å². The molecule has 0 saturated carbocycles. The summed E-state index contributed by atoms with van der Waals surface area (Å²) in [7, 11) is 0. The largest absolute Gasteiger partial charge is 0.463 e. The Morgan fingerprint density at radius 2 is 1.71 bits per heavy atom. The van der Waals surface area contributed by atoms with Crippen LogP contribution in [0.3, 0.4) is 0 Å². The van der Waals surface area contributed by atoms with Gasteiger partial charge in [0, 0.05) is 31.8 Å². The van der Waals surface area contributed by atoms with Gasteiger partial charge in [0.05, 0.1) is 11.8 Å². The number of nitrogens with zero attached hydrogens (tertiary/aromatic N) is 2. The van der Waals surface area contributed by atoms with E-state index in [0.29, 0.717) is 12.5 Å². The second-order valence-corrected chi connectivity index (χ2v) is 8.70. The molecule has 4 aromatic rings. The minimum Gasteiger partial charge on any atom is -0.463 e. The molecule has 4 nitrogen and oxygen atoms in total. The van der Waals surface area contributed by atoms with Crippen molar-refractivity contribution in [3.05, 3.63) is 95.4 Å². The van der Waals surface area contributed by atoms with E-state index in [1.807, 2.05) is 17.0 Å². The Kier molecular flexibility index (Phi) is 5.37. The maximum absolute atomic E-state index is 13.5. The van der Waals surface area contributed by atoms with E-state index >= 15 is 0 Å². The number of hydrogen-bond donors (Lipinski definition) is 0. The third kappa shape index (κ3) is 4.15. The number of furan rings is 1. The van der Waals surface area contributed by atoms with E-state index in [0.717, 1.165) is 49.1 Å². The van der Waals surface area contributed by atoms with Gasteiger partial charge < -0.3 is 13.9 Å². The van der Waals surface area contributed by atoms with Crippen LogP contribution >= 0.6 is 0 Å². The molecule has 0 N–H and O–H groups in total. The number of aryl methyl sites for hydroxylation is 1. The minimum absolute atomic E-state index is 0.108. The number of aromatic nitrogens is 1. The molecule has 3 heterocycles. The van der Waals surface area contributed by atoms with E-state index in [9.17, 15) is 4.79 Å². The van der Waals surface area contributed by atoms with Crippen LogP contribution in [0.15, 0.2) is 77.4 Å². The van der Waals surface area contributed by atoms with Crippen molar-refractivity contribution in [1.82, 2.24) is 9.47 Å². The van der Waals surface area contributed by atoms with Crippen LogP contribution in [-0.4, -0.2) is 28.5 Å². The van der Waals surface area contributed by atoms with Crippen molar-refractivity contribution in [2.24, 2.45) is 5.92 Å². The van der Waals surface area contributed by atoms with Crippen molar-refractivity contribution in [3.63, 3.8) is 0 Å². The lowest BCUT2D eigenvalue weighted by molar-refractivity contribution is 0.0680. The SMILES string of the molecule is Cc1ccc(Cn2c(C(=O)N3CCC(Cc4ccccc4)CC3)cc3occc32)cc1. The second kappa shape index (κ2) is 8.46. The topological polar surface area (TPSA) is 38.4 Å². The summed E-state index contributed by atoms with van der Waals surface area (Å²) >= 11 is 0. The summed E-state index contributed by atoms with van der Waals surface area (Å²) in [5.74, 6) is 0.749. The summed E-state index contributed by atoms with van der Waals surface area (Å²) in [6.45, 7) is 4.37. The Morgan fingerprint density at radius 1 is 0.968 bits per heavy atom. The molecule has 1 saturated heterocycles. The van der Waals surface area contributed by atoms with Gasteiger partial charge in [0.15, 0.2) is 5.58 Å². The van der Waals surface area contributed by atoms with Crippen molar-refractivity contribution in [1.29, 1.82) is 0 Å². The van der Waals surface area contributed by atoms with Gasteiger partial charge in [-0.1, -0.05) is 60.2 Å². The molecule has 0 bridgehead atoms. The maximum atomic E-state index is 13.5. The molecule has 5 rings (SSSR count). The zero-order valence-corrected chi connectivity index (χ0v) is 18.0. The van der Waals surface area contributed by atoms with Crippen molar-refractivity contribution in [2.45, 2.75) is 32.7 Å². The molecule has 1 aliphatic heterocycles. The zero-order valence-electron chi connectivity index (χ0n) is 18.0. The molecular weight excluding hydrogens is 384 g/mol. The van der Waals surface area contributed by atoms with Crippen LogP contribution in [0.25, 0.3) is 11.1 Å². The highest BCUT2D eigenvalue weighted by Gasteiger charge is 2.27. The molecule has 0 radical (unpaired) electrons. The normalized spacial score (nSPS) is 14.9. The third-order valence-corrected chi connectivity index (χ3v) is 6.47. The average molecular weight is 413 g/mol. The third-order valence-electron chi connectivity index (χ3n) is 6.47. The minimum atomic E-state index is 0.108. The number of carbonyl (C=O) groups excluding carboxylic acids is 1. The first kappa shape index (κ1) is 19.7. The fourth-order valence-corrected chi connectivity index (χ4v) is 4.65. The van der Waals surface area contributed by atoms with Gasteiger partial charge >= 0.3 is 0 Å². The van der Waals surface area contributed by atoms with E-state index in [1.165, 1.54) is 16.7 Å². The number of benzene rings is 2. The quantitative estimate of drug-likeness (QED) is 0.423. The van der Waals surface area contributed by atoms with Gasteiger partial charge in [0.1, 0.15) is 5.69 Å². The number of rotatable bonds is 5. The van der Waals surface area contributed by atoms with Gasteiger partial charge in [-0.15, -0.1) is 0 Å². The summed E-state index contributed by atoms with van der Waals surface area (Å²) in [6, 6.07) is 23.0. The maximum Gasteiger partial charge on any atom is 0.270 e. The molecule has 0 spiro atoms. The predicted molar refractivity (Wildman–Crippen MR) is 123 cm³/mol.